The standard InChI is InChI=1S/C38H36N4O7/c1-41(2)26-18-25-34(49-27(40-25)17-22(19-11-7-5-8-12-19)20-13-9-6-10-14-20)29-23(26)15-21-16-24-31(42(3)4)33(44)30(37(39)47)36(46)38(24,48)35(45)28(21)32(29)43/h5-14,17-18,21,24,31,43,46,48H,15-16H2,1-4H3,(H2,39,47)/t21?,24?,31-,38-/m0/s1. The minimum Gasteiger partial charge on any atom is -0.508 e. The predicted octanol–water partition coefficient (Wildman–Crippen LogP) is 4.05. The van der Waals surface area contributed by atoms with Gasteiger partial charge in [-0.15, -0.1) is 0 Å². The van der Waals surface area contributed by atoms with Crippen molar-refractivity contribution in [1.82, 2.24) is 9.88 Å². The van der Waals surface area contributed by atoms with Gasteiger partial charge in [0, 0.05) is 37.3 Å². The Morgan fingerprint density at radius 3 is 2.16 bits per heavy atom. The fourth-order valence-electron chi connectivity index (χ4n) is 7.85. The van der Waals surface area contributed by atoms with Crippen LogP contribution in [0.2, 0.25) is 0 Å². The molecule has 0 radical (unpaired) electrons. The Hall–Kier alpha value is -5.52. The van der Waals surface area contributed by atoms with E-state index in [1.165, 1.54) is 4.90 Å². The van der Waals surface area contributed by atoms with E-state index in [1.807, 2.05) is 91.8 Å². The maximum atomic E-state index is 14.4. The molecule has 3 aliphatic rings. The lowest BCUT2D eigenvalue weighted by Gasteiger charge is -2.50. The molecule has 0 spiro atoms. The molecule has 0 aliphatic heterocycles. The Morgan fingerprint density at radius 1 is 1.00 bits per heavy atom. The molecule has 5 N–H and O–H groups in total. The molecular formula is C38H36N4O7. The number of anilines is 1. The van der Waals surface area contributed by atoms with Crippen LogP contribution in [0, 0.1) is 11.8 Å². The van der Waals surface area contributed by atoms with Gasteiger partial charge in [0.25, 0.3) is 5.91 Å². The Morgan fingerprint density at radius 2 is 1.61 bits per heavy atom. The number of carbonyl (C=O) groups is 3. The summed E-state index contributed by atoms with van der Waals surface area (Å²) in [5, 5.41) is 35.2. The third-order valence-corrected chi connectivity index (χ3v) is 10.0. The third kappa shape index (κ3) is 4.80. The molecule has 1 saturated carbocycles. The van der Waals surface area contributed by atoms with Crippen LogP contribution in [0.1, 0.15) is 34.6 Å². The number of fused-ring (bicyclic) bond motifs is 5. The van der Waals surface area contributed by atoms with Gasteiger partial charge in [0.05, 0.1) is 11.6 Å². The molecule has 1 amide bonds. The van der Waals surface area contributed by atoms with Crippen LogP contribution in [0.25, 0.3) is 28.5 Å². The summed E-state index contributed by atoms with van der Waals surface area (Å²) in [6.07, 6.45) is 2.15. The number of carbonyl (C=O) groups excluding carboxylic acids is 3. The maximum absolute atomic E-state index is 14.4. The van der Waals surface area contributed by atoms with Crippen LogP contribution in [0.4, 0.5) is 5.69 Å². The number of ketones is 2. The lowest BCUT2D eigenvalue weighted by molar-refractivity contribution is -0.153. The molecule has 3 aromatic carbocycles. The Balaban J connectivity index is 1.44. The Labute approximate surface area is 282 Å². The predicted molar refractivity (Wildman–Crippen MR) is 184 cm³/mol. The average molecular weight is 661 g/mol. The zero-order valence-electron chi connectivity index (χ0n) is 27.5. The van der Waals surface area contributed by atoms with Crippen molar-refractivity contribution >= 4 is 51.7 Å². The molecule has 11 nitrogen and oxygen atoms in total. The Kier molecular flexibility index (Phi) is 7.57. The van der Waals surface area contributed by atoms with Gasteiger partial charge in [-0.3, -0.25) is 19.3 Å². The van der Waals surface area contributed by atoms with E-state index in [4.69, 9.17) is 15.1 Å². The summed E-state index contributed by atoms with van der Waals surface area (Å²) in [7, 11) is 6.90. The zero-order valence-corrected chi connectivity index (χ0v) is 27.5. The number of primary amides is 1. The highest BCUT2D eigenvalue weighted by molar-refractivity contribution is 6.24. The number of nitrogens with zero attached hydrogens (tertiary/aromatic N) is 3. The normalized spacial score (nSPS) is 23.3. The highest BCUT2D eigenvalue weighted by Crippen LogP contribution is 2.53. The number of aliphatic hydroxyl groups excluding tert-OH is 2. The fourth-order valence-corrected chi connectivity index (χ4v) is 7.85. The fraction of sp³-hybridized carbons (Fsp3) is 0.263. The number of rotatable bonds is 6. The van der Waals surface area contributed by atoms with Gasteiger partial charge in [-0.1, -0.05) is 60.7 Å². The lowest BCUT2D eigenvalue weighted by Crippen LogP contribution is -2.65. The number of Topliss-reactive ketones (excluding diaryl/α,β-unsaturated/α-hetero) is 2. The summed E-state index contributed by atoms with van der Waals surface area (Å²) < 4.78 is 6.38. The molecule has 1 heterocycles. The smallest absolute Gasteiger partial charge is 0.255 e. The van der Waals surface area contributed by atoms with Gasteiger partial charge in [-0.2, -0.15) is 0 Å². The summed E-state index contributed by atoms with van der Waals surface area (Å²) in [5.41, 5.74) is 7.02. The van der Waals surface area contributed by atoms with Crippen LogP contribution in [0.3, 0.4) is 0 Å². The van der Waals surface area contributed by atoms with E-state index in [2.05, 4.69) is 0 Å². The molecule has 1 fully saturated rings. The van der Waals surface area contributed by atoms with Crippen LogP contribution in [-0.4, -0.2) is 82.5 Å². The average Bonchev–Trinajstić information content (AvgIpc) is 3.47. The topological polar surface area (TPSA) is 170 Å². The third-order valence-electron chi connectivity index (χ3n) is 10.0. The van der Waals surface area contributed by atoms with Crippen molar-refractivity contribution in [2.45, 2.75) is 24.5 Å². The van der Waals surface area contributed by atoms with Crippen LogP contribution in [-0.2, 0) is 20.8 Å². The number of hydrogen-bond acceptors (Lipinski definition) is 10. The first-order valence-corrected chi connectivity index (χ1v) is 16.0. The minimum atomic E-state index is -2.67. The molecule has 4 aromatic rings. The van der Waals surface area contributed by atoms with Gasteiger partial charge in [-0.05, 0) is 61.2 Å². The number of benzene rings is 3. The number of oxazole rings is 1. The quantitative estimate of drug-likeness (QED) is 0.221. The second kappa shape index (κ2) is 11.6. The highest BCUT2D eigenvalue weighted by Gasteiger charge is 2.64. The van der Waals surface area contributed by atoms with Crippen LogP contribution >= 0.6 is 0 Å². The number of aliphatic hydroxyl groups is 3. The number of nitrogens with two attached hydrogens (primary N) is 1. The second-order valence-corrected chi connectivity index (χ2v) is 13.3. The summed E-state index contributed by atoms with van der Waals surface area (Å²) >= 11 is 0. The summed E-state index contributed by atoms with van der Waals surface area (Å²) in [5.74, 6) is -5.98. The van der Waals surface area contributed by atoms with Gasteiger partial charge < -0.3 is 30.4 Å². The molecule has 1 aromatic heterocycles. The van der Waals surface area contributed by atoms with Crippen molar-refractivity contribution in [1.29, 1.82) is 0 Å². The van der Waals surface area contributed by atoms with E-state index >= 15 is 0 Å². The number of hydrogen-bond donors (Lipinski definition) is 4. The van der Waals surface area contributed by atoms with Gasteiger partial charge in [0.1, 0.15) is 22.6 Å². The number of amides is 1. The van der Waals surface area contributed by atoms with Crippen molar-refractivity contribution in [3.8, 4) is 0 Å². The molecule has 2 unspecified atom stereocenters. The van der Waals surface area contributed by atoms with Crippen molar-refractivity contribution in [3.05, 3.63) is 112 Å². The molecule has 0 saturated heterocycles. The van der Waals surface area contributed by atoms with Gasteiger partial charge >= 0.3 is 0 Å². The minimum absolute atomic E-state index is 0.0541. The lowest BCUT2D eigenvalue weighted by atomic mass is 9.57. The number of aromatic nitrogens is 1. The molecule has 3 aliphatic carbocycles. The second-order valence-electron chi connectivity index (χ2n) is 13.3. The van der Waals surface area contributed by atoms with Crippen molar-refractivity contribution in [2.75, 3.05) is 33.1 Å². The zero-order chi connectivity index (χ0) is 34.9. The van der Waals surface area contributed by atoms with Crippen molar-refractivity contribution in [3.63, 3.8) is 0 Å². The van der Waals surface area contributed by atoms with E-state index < -0.39 is 58.0 Å². The Bertz CT molecular complexity index is 2100. The van der Waals surface area contributed by atoms with Gasteiger partial charge in [-0.25, -0.2) is 4.98 Å². The molecule has 11 heteroatoms. The first-order chi connectivity index (χ1) is 23.3. The van der Waals surface area contributed by atoms with E-state index in [9.17, 15) is 29.7 Å². The highest BCUT2D eigenvalue weighted by atomic mass is 16.4. The monoisotopic (exact) mass is 660 g/mol. The van der Waals surface area contributed by atoms with E-state index in [1.54, 1.807) is 14.1 Å². The molecule has 4 atom stereocenters. The van der Waals surface area contributed by atoms with E-state index in [-0.39, 0.29) is 35.5 Å². The molecular weight excluding hydrogens is 624 g/mol. The van der Waals surface area contributed by atoms with Gasteiger partial charge in [0.2, 0.25) is 11.7 Å². The largest absolute Gasteiger partial charge is 0.508 e. The van der Waals surface area contributed by atoms with Crippen LogP contribution < -0.4 is 10.6 Å². The van der Waals surface area contributed by atoms with Crippen molar-refractivity contribution in [2.24, 2.45) is 17.6 Å². The molecule has 49 heavy (non-hydrogen) atoms. The van der Waals surface area contributed by atoms with E-state index in [0.717, 1.165) is 22.4 Å². The van der Waals surface area contributed by atoms with Crippen molar-refractivity contribution < 1.29 is 34.1 Å². The first-order valence-electron chi connectivity index (χ1n) is 16.0. The summed E-state index contributed by atoms with van der Waals surface area (Å²) in [4.78, 5) is 48.3. The maximum Gasteiger partial charge on any atom is 0.255 e. The molecule has 0 bridgehead atoms. The summed E-state index contributed by atoms with van der Waals surface area (Å²) in [6.45, 7) is 0. The molecule has 7 rings (SSSR count). The first kappa shape index (κ1) is 32.0. The van der Waals surface area contributed by atoms with Gasteiger partial charge in [0.15, 0.2) is 17.0 Å². The van der Waals surface area contributed by atoms with Crippen LogP contribution in [0.15, 0.2) is 88.1 Å². The van der Waals surface area contributed by atoms with Crippen LogP contribution in [0.5, 0.6) is 0 Å². The van der Waals surface area contributed by atoms with E-state index in [0.29, 0.717) is 11.1 Å². The molecule has 250 valence electrons. The number of likely N-dealkylation sites (N-methyl/N-ethyl adjacent to an activating group) is 1. The SMILES string of the molecule is CN(C)c1cc2nc(C=C(c3ccccc3)c3ccccc3)oc2c2c1CC1CC3[C@H](N(C)C)C(=O)C(C(N)=O)=C(O)[C@@]3(O)C(=O)C1=C2O. The summed E-state index contributed by atoms with van der Waals surface area (Å²) in [6, 6.07) is 20.4.